The van der Waals surface area contributed by atoms with E-state index in [9.17, 15) is 4.79 Å². The predicted molar refractivity (Wildman–Crippen MR) is 88.3 cm³/mol. The number of aromatic nitrogens is 3. The van der Waals surface area contributed by atoms with Gasteiger partial charge in [-0.2, -0.15) is 9.97 Å². The summed E-state index contributed by atoms with van der Waals surface area (Å²) in [5.41, 5.74) is 7.53. The van der Waals surface area contributed by atoms with E-state index >= 15 is 0 Å². The third kappa shape index (κ3) is 3.51. The van der Waals surface area contributed by atoms with Crippen LogP contribution in [0.15, 0.2) is 29.1 Å². The van der Waals surface area contributed by atoms with Crippen molar-refractivity contribution in [2.24, 2.45) is 0 Å². The number of hydrazine groups is 1. The number of nitrogens with one attached hydrogen (secondary N) is 2. The first-order valence-corrected chi connectivity index (χ1v) is 7.78. The second-order valence-electron chi connectivity index (χ2n) is 4.97. The Morgan fingerprint density at radius 3 is 2.55 bits per heavy atom. The van der Waals surface area contributed by atoms with Gasteiger partial charge < -0.3 is 0 Å². The van der Waals surface area contributed by atoms with Crippen molar-refractivity contribution < 1.29 is 0 Å². The number of anilines is 1. The molecule has 1 aromatic heterocycles. The normalized spacial score (nSPS) is 10.7. The quantitative estimate of drug-likeness (QED) is 0.605. The molecule has 0 bridgehead atoms. The van der Waals surface area contributed by atoms with Crippen molar-refractivity contribution in [3.8, 4) is 5.69 Å². The molecule has 0 aliphatic carbocycles. The van der Waals surface area contributed by atoms with Crippen molar-refractivity contribution in [2.75, 3.05) is 12.0 Å². The zero-order chi connectivity index (χ0) is 15.9. The average molecular weight is 301 g/mol. The van der Waals surface area contributed by atoms with Crippen LogP contribution in [-0.4, -0.2) is 21.1 Å². The lowest BCUT2D eigenvalue weighted by Crippen LogP contribution is -2.31. The van der Waals surface area contributed by atoms with Gasteiger partial charge >= 0.3 is 5.69 Å². The van der Waals surface area contributed by atoms with Crippen molar-refractivity contribution in [2.45, 2.75) is 40.0 Å². The molecule has 2 rings (SSSR count). The number of aryl methyl sites for hydroxylation is 2. The third-order valence-electron chi connectivity index (χ3n) is 3.39. The molecule has 22 heavy (non-hydrogen) atoms. The minimum absolute atomic E-state index is 0.312. The lowest BCUT2D eigenvalue weighted by Gasteiger charge is -2.15. The van der Waals surface area contributed by atoms with Crippen LogP contribution >= 0.6 is 0 Å². The number of hydrogen-bond acceptors (Lipinski definition) is 5. The Balaban J connectivity index is 2.46. The molecule has 0 saturated heterocycles. The van der Waals surface area contributed by atoms with Crippen molar-refractivity contribution in [3.63, 3.8) is 0 Å². The summed E-state index contributed by atoms with van der Waals surface area (Å²) in [6.45, 7) is 6.90. The van der Waals surface area contributed by atoms with Gasteiger partial charge in [0.25, 0.3) is 0 Å². The second kappa shape index (κ2) is 7.70. The number of hydrogen-bond donors (Lipinski definition) is 2. The van der Waals surface area contributed by atoms with Gasteiger partial charge in [-0.15, -0.1) is 0 Å². The van der Waals surface area contributed by atoms with E-state index in [4.69, 9.17) is 0 Å². The molecule has 0 radical (unpaired) electrons. The monoisotopic (exact) mass is 301 g/mol. The Morgan fingerprint density at radius 2 is 1.86 bits per heavy atom. The molecular formula is C16H23N5O. The summed E-state index contributed by atoms with van der Waals surface area (Å²) in [6.07, 6.45) is 2.48. The maximum Gasteiger partial charge on any atom is 0.356 e. The van der Waals surface area contributed by atoms with Gasteiger partial charge in [0, 0.05) is 13.0 Å². The van der Waals surface area contributed by atoms with Crippen molar-refractivity contribution in [3.05, 3.63) is 46.1 Å². The summed E-state index contributed by atoms with van der Waals surface area (Å²) in [5.74, 6) is 1.02. The van der Waals surface area contributed by atoms with E-state index in [-0.39, 0.29) is 5.69 Å². The van der Waals surface area contributed by atoms with Crippen molar-refractivity contribution >= 4 is 5.95 Å². The fraction of sp³-hybridized carbons (Fsp3) is 0.438. The van der Waals surface area contributed by atoms with Gasteiger partial charge in [-0.3, -0.25) is 5.43 Å². The summed E-state index contributed by atoms with van der Waals surface area (Å²) in [4.78, 5) is 20.9. The molecule has 0 amide bonds. The van der Waals surface area contributed by atoms with Crippen LogP contribution in [0, 0.1) is 0 Å². The Labute approximate surface area is 130 Å². The fourth-order valence-corrected chi connectivity index (χ4v) is 2.28. The summed E-state index contributed by atoms with van der Waals surface area (Å²) >= 11 is 0. The van der Waals surface area contributed by atoms with Crippen LogP contribution in [0.4, 0.5) is 5.95 Å². The smallest absolute Gasteiger partial charge is 0.289 e. The lowest BCUT2D eigenvalue weighted by atomic mass is 10.1. The summed E-state index contributed by atoms with van der Waals surface area (Å²) in [7, 11) is 0. The predicted octanol–water partition coefficient (Wildman–Crippen LogP) is 2.08. The molecule has 6 nitrogen and oxygen atoms in total. The van der Waals surface area contributed by atoms with E-state index in [1.54, 1.807) is 4.57 Å². The molecule has 1 aromatic carbocycles. The molecule has 0 saturated carbocycles. The Kier molecular flexibility index (Phi) is 5.66. The van der Waals surface area contributed by atoms with Gasteiger partial charge in [0.2, 0.25) is 5.95 Å². The van der Waals surface area contributed by atoms with E-state index in [1.807, 2.05) is 31.2 Å². The largest absolute Gasteiger partial charge is 0.356 e. The molecule has 2 aromatic rings. The maximum absolute atomic E-state index is 12.5. The van der Waals surface area contributed by atoms with E-state index in [2.05, 4.69) is 34.7 Å². The number of nitrogens with zero attached hydrogens (tertiary/aromatic N) is 3. The van der Waals surface area contributed by atoms with Crippen LogP contribution < -0.4 is 16.5 Å². The van der Waals surface area contributed by atoms with Gasteiger partial charge in [-0.25, -0.2) is 14.8 Å². The molecular weight excluding hydrogens is 278 g/mol. The number of para-hydroxylation sites is 1. The summed E-state index contributed by atoms with van der Waals surface area (Å²) < 4.78 is 1.60. The van der Waals surface area contributed by atoms with Crippen molar-refractivity contribution in [1.29, 1.82) is 0 Å². The van der Waals surface area contributed by atoms with Gasteiger partial charge in [0.15, 0.2) is 0 Å². The van der Waals surface area contributed by atoms with Crippen LogP contribution in [0.3, 0.4) is 0 Å². The summed E-state index contributed by atoms with van der Waals surface area (Å²) in [5, 5.41) is 0. The molecule has 1 heterocycles. The van der Waals surface area contributed by atoms with Gasteiger partial charge in [0.1, 0.15) is 5.82 Å². The highest BCUT2D eigenvalue weighted by Gasteiger charge is 2.12. The van der Waals surface area contributed by atoms with Crippen LogP contribution in [0.5, 0.6) is 0 Å². The van der Waals surface area contributed by atoms with E-state index in [0.29, 0.717) is 18.2 Å². The number of rotatable bonds is 7. The van der Waals surface area contributed by atoms with Crippen LogP contribution in [0.1, 0.15) is 38.6 Å². The zero-order valence-corrected chi connectivity index (χ0v) is 13.4. The highest BCUT2D eigenvalue weighted by Crippen LogP contribution is 2.15. The van der Waals surface area contributed by atoms with E-state index in [0.717, 1.165) is 30.6 Å². The Morgan fingerprint density at radius 1 is 1.09 bits per heavy atom. The SMILES string of the molecule is CCCNNc1nc(CC)n(-c2ccccc2CC)c(=O)n1. The van der Waals surface area contributed by atoms with E-state index < -0.39 is 0 Å². The second-order valence-corrected chi connectivity index (χ2v) is 4.97. The zero-order valence-electron chi connectivity index (χ0n) is 13.4. The van der Waals surface area contributed by atoms with E-state index in [1.165, 1.54) is 0 Å². The highest BCUT2D eigenvalue weighted by molar-refractivity contribution is 5.42. The standard InChI is InChI=1S/C16H23N5O/c1-4-11-17-20-15-18-14(6-3)21(16(22)19-15)13-10-8-7-9-12(13)5-2/h7-10,17H,4-6,11H2,1-3H3,(H,19,20,22). The molecule has 0 atom stereocenters. The van der Waals surface area contributed by atoms with Gasteiger partial charge in [-0.1, -0.05) is 39.0 Å². The lowest BCUT2D eigenvalue weighted by molar-refractivity contribution is 0.720. The first-order chi connectivity index (χ1) is 10.7. The summed E-state index contributed by atoms with van der Waals surface area (Å²) in [6, 6.07) is 7.86. The molecule has 0 unspecified atom stereocenters. The Hall–Kier alpha value is -2.21. The average Bonchev–Trinajstić information content (AvgIpc) is 2.54. The molecule has 6 heteroatoms. The fourth-order valence-electron chi connectivity index (χ4n) is 2.28. The van der Waals surface area contributed by atoms with Crippen LogP contribution in [-0.2, 0) is 12.8 Å². The van der Waals surface area contributed by atoms with Crippen molar-refractivity contribution in [1.82, 2.24) is 20.0 Å². The topological polar surface area (TPSA) is 71.8 Å². The maximum atomic E-state index is 12.5. The molecule has 0 spiro atoms. The molecule has 0 aliphatic rings. The minimum atomic E-state index is -0.312. The third-order valence-corrected chi connectivity index (χ3v) is 3.39. The molecule has 2 N–H and O–H groups in total. The van der Waals surface area contributed by atoms with Gasteiger partial charge in [0.05, 0.1) is 5.69 Å². The van der Waals surface area contributed by atoms with Crippen LogP contribution in [0.2, 0.25) is 0 Å². The first-order valence-electron chi connectivity index (χ1n) is 7.78. The first kappa shape index (κ1) is 16.2. The minimum Gasteiger partial charge on any atom is -0.289 e. The molecule has 0 aliphatic heterocycles. The van der Waals surface area contributed by atoms with Gasteiger partial charge in [-0.05, 0) is 24.5 Å². The Bertz CT molecular complexity index is 680. The molecule has 0 fully saturated rings. The molecule has 118 valence electrons. The van der Waals surface area contributed by atoms with Crippen LogP contribution in [0.25, 0.3) is 5.69 Å². The number of benzene rings is 1. The highest BCUT2D eigenvalue weighted by atomic mass is 16.1.